The Morgan fingerprint density at radius 2 is 2.31 bits per heavy atom. The summed E-state index contributed by atoms with van der Waals surface area (Å²) in [6.07, 6.45) is 9.69. The van der Waals surface area contributed by atoms with Crippen LogP contribution in [0.4, 0.5) is 0 Å². The second-order valence-corrected chi connectivity index (χ2v) is 4.33. The summed E-state index contributed by atoms with van der Waals surface area (Å²) < 4.78 is 5.29. The highest BCUT2D eigenvalue weighted by molar-refractivity contribution is 5.29. The number of methoxy groups -OCH3 is 1. The van der Waals surface area contributed by atoms with Gasteiger partial charge in [-0.3, -0.25) is 0 Å². The quantitative estimate of drug-likeness (QED) is 0.598. The van der Waals surface area contributed by atoms with Crippen LogP contribution in [0.15, 0.2) is 23.5 Å². The van der Waals surface area contributed by atoms with Crippen molar-refractivity contribution in [3.8, 4) is 0 Å². The summed E-state index contributed by atoms with van der Waals surface area (Å²) in [6, 6.07) is 0. The molecule has 0 saturated heterocycles. The molecule has 0 amide bonds. The molecule has 0 bridgehead atoms. The van der Waals surface area contributed by atoms with Crippen LogP contribution in [0.1, 0.15) is 32.6 Å². The number of fused-ring (bicyclic) bond motifs is 1. The van der Waals surface area contributed by atoms with E-state index in [1.165, 1.54) is 24.8 Å². The molecule has 0 spiro atoms. The molecule has 0 fully saturated rings. The van der Waals surface area contributed by atoms with Gasteiger partial charge in [0, 0.05) is 6.42 Å². The van der Waals surface area contributed by atoms with Gasteiger partial charge < -0.3 is 4.74 Å². The third-order valence-electron chi connectivity index (χ3n) is 3.24. The van der Waals surface area contributed by atoms with Crippen molar-refractivity contribution >= 4 is 0 Å². The SMILES string of the molecule is COC1=CC2=CCC(C)CC2CC1. The summed E-state index contributed by atoms with van der Waals surface area (Å²) in [7, 11) is 1.78. The van der Waals surface area contributed by atoms with E-state index in [0.29, 0.717) is 0 Å². The van der Waals surface area contributed by atoms with Crippen molar-refractivity contribution in [2.75, 3.05) is 7.11 Å². The smallest absolute Gasteiger partial charge is 0.0958 e. The van der Waals surface area contributed by atoms with Gasteiger partial charge in [-0.1, -0.05) is 13.0 Å². The number of ether oxygens (including phenoxy) is 1. The lowest BCUT2D eigenvalue weighted by Crippen LogP contribution is -2.17. The van der Waals surface area contributed by atoms with Gasteiger partial charge in [0.05, 0.1) is 12.9 Å². The van der Waals surface area contributed by atoms with E-state index in [2.05, 4.69) is 19.1 Å². The van der Waals surface area contributed by atoms with Crippen LogP contribution < -0.4 is 0 Å². The van der Waals surface area contributed by atoms with E-state index in [9.17, 15) is 0 Å². The van der Waals surface area contributed by atoms with E-state index in [-0.39, 0.29) is 0 Å². The fourth-order valence-corrected chi connectivity index (χ4v) is 2.42. The maximum atomic E-state index is 5.29. The zero-order chi connectivity index (χ0) is 9.26. The van der Waals surface area contributed by atoms with Gasteiger partial charge >= 0.3 is 0 Å². The number of allylic oxidation sites excluding steroid dienone is 4. The molecule has 1 heteroatoms. The molecule has 0 radical (unpaired) electrons. The molecule has 2 rings (SSSR count). The molecule has 2 unspecified atom stereocenters. The Morgan fingerprint density at radius 1 is 1.46 bits per heavy atom. The standard InChI is InChI=1S/C12H18O/c1-9-3-4-11-8-12(13-2)6-5-10(11)7-9/h4,8-10H,3,5-7H2,1-2H3. The highest BCUT2D eigenvalue weighted by Crippen LogP contribution is 2.37. The van der Waals surface area contributed by atoms with Crippen LogP contribution in [0, 0.1) is 11.8 Å². The van der Waals surface area contributed by atoms with Gasteiger partial charge in [0.25, 0.3) is 0 Å². The van der Waals surface area contributed by atoms with Crippen LogP contribution in [-0.4, -0.2) is 7.11 Å². The van der Waals surface area contributed by atoms with Crippen LogP contribution in [0.25, 0.3) is 0 Å². The lowest BCUT2D eigenvalue weighted by molar-refractivity contribution is 0.255. The van der Waals surface area contributed by atoms with Crippen molar-refractivity contribution in [3.63, 3.8) is 0 Å². The summed E-state index contributed by atoms with van der Waals surface area (Å²) >= 11 is 0. The van der Waals surface area contributed by atoms with E-state index >= 15 is 0 Å². The predicted molar refractivity (Wildman–Crippen MR) is 54.3 cm³/mol. The molecular formula is C12H18O. The molecule has 0 aromatic carbocycles. The van der Waals surface area contributed by atoms with E-state index < -0.39 is 0 Å². The minimum absolute atomic E-state index is 0.822. The molecule has 0 heterocycles. The Bertz CT molecular complexity index is 250. The van der Waals surface area contributed by atoms with Gasteiger partial charge in [0.15, 0.2) is 0 Å². The predicted octanol–water partition coefficient (Wildman–Crippen LogP) is 3.28. The Morgan fingerprint density at radius 3 is 3.08 bits per heavy atom. The first-order chi connectivity index (χ1) is 6.29. The molecule has 13 heavy (non-hydrogen) atoms. The Hall–Kier alpha value is -0.720. The van der Waals surface area contributed by atoms with Crippen LogP contribution in [0.2, 0.25) is 0 Å². The van der Waals surface area contributed by atoms with Crippen molar-refractivity contribution in [3.05, 3.63) is 23.5 Å². The lowest BCUT2D eigenvalue weighted by atomic mass is 9.77. The highest BCUT2D eigenvalue weighted by Gasteiger charge is 2.24. The van der Waals surface area contributed by atoms with Gasteiger partial charge in [-0.05, 0) is 42.7 Å². The Labute approximate surface area is 80.5 Å². The van der Waals surface area contributed by atoms with Gasteiger partial charge in [-0.2, -0.15) is 0 Å². The van der Waals surface area contributed by atoms with Gasteiger partial charge in [0.1, 0.15) is 0 Å². The molecule has 0 aromatic heterocycles. The highest BCUT2D eigenvalue weighted by atomic mass is 16.5. The maximum absolute atomic E-state index is 5.29. The molecule has 0 aliphatic heterocycles. The molecule has 0 N–H and O–H groups in total. The average Bonchev–Trinajstić information content (AvgIpc) is 2.17. The normalized spacial score (nSPS) is 33.1. The van der Waals surface area contributed by atoms with Crippen molar-refractivity contribution in [2.45, 2.75) is 32.6 Å². The van der Waals surface area contributed by atoms with Crippen LogP contribution in [0.5, 0.6) is 0 Å². The molecule has 1 nitrogen and oxygen atoms in total. The zero-order valence-corrected chi connectivity index (χ0v) is 8.55. The summed E-state index contributed by atoms with van der Waals surface area (Å²) in [5.41, 5.74) is 1.53. The molecule has 72 valence electrons. The second kappa shape index (κ2) is 3.57. The monoisotopic (exact) mass is 178 g/mol. The molecular weight excluding hydrogens is 160 g/mol. The van der Waals surface area contributed by atoms with E-state index in [0.717, 1.165) is 24.0 Å². The van der Waals surface area contributed by atoms with Crippen LogP contribution >= 0.6 is 0 Å². The lowest BCUT2D eigenvalue weighted by Gasteiger charge is -2.30. The fraction of sp³-hybridized carbons (Fsp3) is 0.667. The van der Waals surface area contributed by atoms with E-state index in [4.69, 9.17) is 4.74 Å². The minimum atomic E-state index is 0.822. The van der Waals surface area contributed by atoms with E-state index in [1.807, 2.05) is 0 Å². The average molecular weight is 178 g/mol. The molecule has 2 aliphatic carbocycles. The van der Waals surface area contributed by atoms with Crippen molar-refractivity contribution < 1.29 is 4.74 Å². The van der Waals surface area contributed by atoms with Gasteiger partial charge in [-0.25, -0.2) is 0 Å². The minimum Gasteiger partial charge on any atom is -0.501 e. The molecule has 0 saturated carbocycles. The maximum Gasteiger partial charge on any atom is 0.0958 e. The van der Waals surface area contributed by atoms with Crippen molar-refractivity contribution in [2.24, 2.45) is 11.8 Å². The Balaban J connectivity index is 2.17. The Kier molecular flexibility index (Phi) is 2.43. The molecule has 2 atom stereocenters. The van der Waals surface area contributed by atoms with Gasteiger partial charge in [-0.15, -0.1) is 0 Å². The summed E-state index contributed by atoms with van der Waals surface area (Å²) in [5, 5.41) is 0. The van der Waals surface area contributed by atoms with Gasteiger partial charge in [0.2, 0.25) is 0 Å². The topological polar surface area (TPSA) is 9.23 Å². The molecule has 2 aliphatic rings. The fourth-order valence-electron chi connectivity index (χ4n) is 2.42. The van der Waals surface area contributed by atoms with Crippen molar-refractivity contribution in [1.82, 2.24) is 0 Å². The molecule has 0 aromatic rings. The number of hydrogen-bond acceptors (Lipinski definition) is 1. The summed E-state index contributed by atoms with van der Waals surface area (Å²) in [5.74, 6) is 2.87. The third kappa shape index (κ3) is 1.79. The summed E-state index contributed by atoms with van der Waals surface area (Å²) in [4.78, 5) is 0. The first-order valence-electron chi connectivity index (χ1n) is 5.24. The second-order valence-electron chi connectivity index (χ2n) is 4.33. The van der Waals surface area contributed by atoms with Crippen LogP contribution in [0.3, 0.4) is 0 Å². The van der Waals surface area contributed by atoms with E-state index in [1.54, 1.807) is 7.11 Å². The zero-order valence-electron chi connectivity index (χ0n) is 8.55. The summed E-state index contributed by atoms with van der Waals surface area (Å²) in [6.45, 7) is 2.35. The van der Waals surface area contributed by atoms with Crippen LogP contribution in [-0.2, 0) is 4.74 Å². The first kappa shape index (κ1) is 8.86. The number of hydrogen-bond donors (Lipinski definition) is 0. The van der Waals surface area contributed by atoms with Crippen molar-refractivity contribution in [1.29, 1.82) is 0 Å². The first-order valence-corrected chi connectivity index (χ1v) is 5.24. The largest absolute Gasteiger partial charge is 0.501 e. The third-order valence-corrected chi connectivity index (χ3v) is 3.24. The number of rotatable bonds is 1.